The third kappa shape index (κ3) is 3.79. The van der Waals surface area contributed by atoms with Gasteiger partial charge in [0.1, 0.15) is 5.78 Å². The maximum Gasteiger partial charge on any atom is 0.143 e. The Bertz CT molecular complexity index is 205. The van der Waals surface area contributed by atoms with Crippen LogP contribution in [0.25, 0.3) is 0 Å². The zero-order valence-electron chi connectivity index (χ0n) is 9.97. The summed E-state index contributed by atoms with van der Waals surface area (Å²) in [6.07, 6.45) is 3.73. The predicted molar refractivity (Wildman–Crippen MR) is 59.3 cm³/mol. The van der Waals surface area contributed by atoms with Crippen LogP contribution in [-0.4, -0.2) is 29.8 Å². The van der Waals surface area contributed by atoms with Gasteiger partial charge in [0.25, 0.3) is 0 Å². The summed E-state index contributed by atoms with van der Waals surface area (Å²) in [6, 6.07) is 0.638. The Morgan fingerprint density at radius 3 is 2.57 bits per heavy atom. The lowest BCUT2D eigenvalue weighted by molar-refractivity contribution is -0.118. The predicted octanol–water partition coefficient (Wildman–Crippen LogP) is 2.48. The molecule has 0 N–H and O–H groups in total. The number of carbonyl (C=O) groups is 1. The van der Waals surface area contributed by atoms with E-state index >= 15 is 0 Å². The minimum atomic E-state index is 0.297. The first-order chi connectivity index (χ1) is 6.38. The first kappa shape index (κ1) is 11.7. The molecule has 2 heteroatoms. The molecule has 0 aromatic carbocycles. The van der Waals surface area contributed by atoms with Crippen molar-refractivity contribution in [2.24, 2.45) is 5.41 Å². The van der Waals surface area contributed by atoms with Gasteiger partial charge in [0.05, 0.1) is 6.54 Å². The summed E-state index contributed by atoms with van der Waals surface area (Å²) in [5.41, 5.74) is 0.379. The molecule has 0 aliphatic carbocycles. The molecule has 1 fully saturated rings. The number of ketones is 1. The van der Waals surface area contributed by atoms with Crippen molar-refractivity contribution in [3.8, 4) is 0 Å². The third-order valence-corrected chi connectivity index (χ3v) is 2.77. The molecule has 0 aromatic rings. The number of rotatable bonds is 3. The summed E-state index contributed by atoms with van der Waals surface area (Å²) >= 11 is 0. The van der Waals surface area contributed by atoms with Crippen molar-refractivity contribution < 1.29 is 4.79 Å². The average Bonchev–Trinajstić information content (AvgIpc) is 2.32. The van der Waals surface area contributed by atoms with E-state index in [-0.39, 0.29) is 0 Å². The number of nitrogens with zero attached hydrogens (tertiary/aromatic N) is 1. The van der Waals surface area contributed by atoms with Crippen LogP contribution in [0.5, 0.6) is 0 Å². The van der Waals surface area contributed by atoms with Gasteiger partial charge in [-0.15, -0.1) is 0 Å². The SMILES string of the molecule is CC(=O)CN1CCCC1CC(C)(C)C. The van der Waals surface area contributed by atoms with Gasteiger partial charge in [-0.1, -0.05) is 20.8 Å². The fourth-order valence-electron chi connectivity index (χ4n) is 2.33. The fourth-order valence-corrected chi connectivity index (χ4v) is 2.33. The second-order valence-electron chi connectivity index (χ2n) is 5.73. The van der Waals surface area contributed by atoms with Crippen molar-refractivity contribution in [2.75, 3.05) is 13.1 Å². The maximum absolute atomic E-state index is 11.1. The van der Waals surface area contributed by atoms with E-state index in [1.807, 2.05) is 0 Å². The number of carbonyl (C=O) groups excluding carboxylic acids is 1. The number of Topliss-reactive ketones (excluding diaryl/α,β-unsaturated/α-hetero) is 1. The Hall–Kier alpha value is -0.370. The standard InChI is InChI=1S/C12H23NO/c1-10(14)9-13-7-5-6-11(13)8-12(2,3)4/h11H,5-9H2,1-4H3. The highest BCUT2D eigenvalue weighted by molar-refractivity contribution is 5.77. The first-order valence-electron chi connectivity index (χ1n) is 5.62. The van der Waals surface area contributed by atoms with Crippen LogP contribution >= 0.6 is 0 Å². The molecule has 0 amide bonds. The molecule has 0 spiro atoms. The van der Waals surface area contributed by atoms with E-state index in [0.29, 0.717) is 23.8 Å². The molecule has 0 bridgehead atoms. The molecule has 1 aliphatic rings. The van der Waals surface area contributed by atoms with E-state index in [0.717, 1.165) is 6.54 Å². The lowest BCUT2D eigenvalue weighted by Crippen LogP contribution is -2.35. The summed E-state index contributed by atoms with van der Waals surface area (Å²) in [5.74, 6) is 0.297. The van der Waals surface area contributed by atoms with Crippen LogP contribution in [0.1, 0.15) is 47.0 Å². The summed E-state index contributed by atoms with van der Waals surface area (Å²) < 4.78 is 0. The van der Waals surface area contributed by atoms with E-state index in [1.54, 1.807) is 6.92 Å². The molecule has 1 heterocycles. The van der Waals surface area contributed by atoms with E-state index in [1.165, 1.54) is 19.3 Å². The minimum absolute atomic E-state index is 0.297. The van der Waals surface area contributed by atoms with Crippen LogP contribution in [-0.2, 0) is 4.79 Å². The zero-order valence-corrected chi connectivity index (χ0v) is 9.97. The fraction of sp³-hybridized carbons (Fsp3) is 0.917. The second kappa shape index (κ2) is 4.43. The summed E-state index contributed by atoms with van der Waals surface area (Å²) in [7, 11) is 0. The summed E-state index contributed by atoms with van der Waals surface area (Å²) in [6.45, 7) is 10.3. The lowest BCUT2D eigenvalue weighted by Gasteiger charge is -2.29. The molecule has 0 radical (unpaired) electrons. The van der Waals surface area contributed by atoms with Crippen LogP contribution in [0.3, 0.4) is 0 Å². The first-order valence-corrected chi connectivity index (χ1v) is 5.62. The quantitative estimate of drug-likeness (QED) is 0.692. The van der Waals surface area contributed by atoms with Gasteiger partial charge in [-0.05, 0) is 38.1 Å². The van der Waals surface area contributed by atoms with Gasteiger partial charge in [-0.3, -0.25) is 9.69 Å². The lowest BCUT2D eigenvalue weighted by atomic mass is 9.87. The molecule has 2 nitrogen and oxygen atoms in total. The Labute approximate surface area is 87.7 Å². The Kier molecular flexibility index (Phi) is 3.71. The van der Waals surface area contributed by atoms with Crippen molar-refractivity contribution in [1.82, 2.24) is 4.90 Å². The Balaban J connectivity index is 2.47. The van der Waals surface area contributed by atoms with Crippen LogP contribution in [0.15, 0.2) is 0 Å². The molecular formula is C12H23NO. The summed E-state index contributed by atoms with van der Waals surface area (Å²) in [4.78, 5) is 13.4. The van der Waals surface area contributed by atoms with Crippen molar-refractivity contribution in [1.29, 1.82) is 0 Å². The van der Waals surface area contributed by atoms with Crippen LogP contribution in [0, 0.1) is 5.41 Å². The van der Waals surface area contributed by atoms with Crippen LogP contribution in [0.4, 0.5) is 0 Å². The molecule has 1 unspecified atom stereocenters. The molecule has 14 heavy (non-hydrogen) atoms. The maximum atomic E-state index is 11.1. The van der Waals surface area contributed by atoms with Crippen molar-refractivity contribution in [3.63, 3.8) is 0 Å². The van der Waals surface area contributed by atoms with Crippen molar-refractivity contribution in [2.45, 2.75) is 53.0 Å². The highest BCUT2D eigenvalue weighted by Crippen LogP contribution is 2.29. The van der Waals surface area contributed by atoms with Crippen LogP contribution in [0.2, 0.25) is 0 Å². The van der Waals surface area contributed by atoms with Crippen LogP contribution < -0.4 is 0 Å². The summed E-state index contributed by atoms with van der Waals surface area (Å²) in [5, 5.41) is 0. The number of hydrogen-bond donors (Lipinski definition) is 0. The van der Waals surface area contributed by atoms with Gasteiger partial charge in [0.15, 0.2) is 0 Å². The van der Waals surface area contributed by atoms with Gasteiger partial charge in [0.2, 0.25) is 0 Å². The van der Waals surface area contributed by atoms with Gasteiger partial charge in [0, 0.05) is 6.04 Å². The molecule has 0 aromatic heterocycles. The zero-order chi connectivity index (χ0) is 10.8. The molecule has 1 saturated heterocycles. The highest BCUT2D eigenvalue weighted by Gasteiger charge is 2.28. The van der Waals surface area contributed by atoms with Crippen molar-refractivity contribution in [3.05, 3.63) is 0 Å². The number of hydrogen-bond acceptors (Lipinski definition) is 2. The normalized spacial score (nSPS) is 24.1. The molecule has 1 atom stereocenters. The molecular weight excluding hydrogens is 174 g/mol. The molecule has 0 saturated carbocycles. The topological polar surface area (TPSA) is 20.3 Å². The second-order valence-corrected chi connectivity index (χ2v) is 5.73. The van der Waals surface area contributed by atoms with E-state index in [9.17, 15) is 4.79 Å². The minimum Gasteiger partial charge on any atom is -0.299 e. The van der Waals surface area contributed by atoms with Gasteiger partial charge in [-0.2, -0.15) is 0 Å². The Morgan fingerprint density at radius 2 is 2.07 bits per heavy atom. The van der Waals surface area contributed by atoms with Gasteiger partial charge in [-0.25, -0.2) is 0 Å². The smallest absolute Gasteiger partial charge is 0.143 e. The van der Waals surface area contributed by atoms with Crippen molar-refractivity contribution >= 4 is 5.78 Å². The molecule has 1 aliphatic heterocycles. The highest BCUT2D eigenvalue weighted by atomic mass is 16.1. The Morgan fingerprint density at radius 1 is 1.43 bits per heavy atom. The van der Waals surface area contributed by atoms with E-state index < -0.39 is 0 Å². The van der Waals surface area contributed by atoms with Gasteiger partial charge >= 0.3 is 0 Å². The number of likely N-dealkylation sites (tertiary alicyclic amines) is 1. The van der Waals surface area contributed by atoms with Gasteiger partial charge < -0.3 is 0 Å². The molecule has 82 valence electrons. The largest absolute Gasteiger partial charge is 0.299 e. The third-order valence-electron chi connectivity index (χ3n) is 2.77. The monoisotopic (exact) mass is 197 g/mol. The molecule has 1 rings (SSSR count). The van der Waals surface area contributed by atoms with E-state index in [4.69, 9.17) is 0 Å². The van der Waals surface area contributed by atoms with E-state index in [2.05, 4.69) is 25.7 Å². The average molecular weight is 197 g/mol.